The SMILES string of the molecule is CCCCCC(C)Nc1nc(CC(=O)O)cs1. The number of carboxylic acids is 1. The van der Waals surface area contributed by atoms with E-state index in [4.69, 9.17) is 5.11 Å². The molecule has 0 spiro atoms. The van der Waals surface area contributed by atoms with Crippen LogP contribution in [0.25, 0.3) is 0 Å². The number of thiazole rings is 1. The minimum Gasteiger partial charge on any atom is -0.481 e. The van der Waals surface area contributed by atoms with Crippen LogP contribution in [-0.4, -0.2) is 22.1 Å². The number of carboxylic acid groups (broad SMARTS) is 1. The predicted octanol–water partition coefficient (Wildman–Crippen LogP) is 3.15. The number of carbonyl (C=O) groups is 1. The van der Waals surface area contributed by atoms with Crippen LogP contribution in [0.1, 0.15) is 45.2 Å². The van der Waals surface area contributed by atoms with Crippen molar-refractivity contribution in [2.45, 2.75) is 52.0 Å². The molecule has 0 amide bonds. The van der Waals surface area contributed by atoms with Gasteiger partial charge in [0.05, 0.1) is 12.1 Å². The highest BCUT2D eigenvalue weighted by atomic mass is 32.1. The molecular formula is C12H20N2O2S. The lowest BCUT2D eigenvalue weighted by molar-refractivity contribution is -0.136. The number of unbranched alkanes of at least 4 members (excludes halogenated alkanes) is 2. The normalized spacial score (nSPS) is 12.4. The molecule has 0 fully saturated rings. The zero-order valence-corrected chi connectivity index (χ0v) is 11.2. The zero-order valence-electron chi connectivity index (χ0n) is 10.4. The van der Waals surface area contributed by atoms with Gasteiger partial charge in [-0.2, -0.15) is 0 Å². The summed E-state index contributed by atoms with van der Waals surface area (Å²) in [5.41, 5.74) is 0.630. The number of hydrogen-bond acceptors (Lipinski definition) is 4. The molecule has 4 nitrogen and oxygen atoms in total. The molecular weight excluding hydrogens is 236 g/mol. The second-order valence-electron chi connectivity index (χ2n) is 4.26. The maximum atomic E-state index is 10.5. The molecule has 96 valence electrons. The summed E-state index contributed by atoms with van der Waals surface area (Å²) >= 11 is 1.47. The van der Waals surface area contributed by atoms with Gasteiger partial charge in [-0.25, -0.2) is 4.98 Å². The average Bonchev–Trinajstić information content (AvgIpc) is 2.64. The minimum atomic E-state index is -0.835. The standard InChI is InChI=1S/C12H20N2O2S/c1-3-4-5-6-9(2)13-12-14-10(8-17-12)7-11(15)16/h8-9H,3-7H2,1-2H3,(H,13,14)(H,15,16). The van der Waals surface area contributed by atoms with Crippen LogP contribution in [0.5, 0.6) is 0 Å². The van der Waals surface area contributed by atoms with Gasteiger partial charge in [0.1, 0.15) is 0 Å². The van der Waals surface area contributed by atoms with Crippen LogP contribution in [0.15, 0.2) is 5.38 Å². The summed E-state index contributed by atoms with van der Waals surface area (Å²) in [4.78, 5) is 14.8. The van der Waals surface area contributed by atoms with E-state index in [1.54, 1.807) is 5.38 Å². The van der Waals surface area contributed by atoms with Gasteiger partial charge in [0.2, 0.25) is 0 Å². The van der Waals surface area contributed by atoms with Gasteiger partial charge in [-0.1, -0.05) is 26.2 Å². The first-order chi connectivity index (χ1) is 8.11. The Morgan fingerprint density at radius 2 is 2.35 bits per heavy atom. The first-order valence-corrected chi connectivity index (χ1v) is 6.92. The Bertz CT molecular complexity index is 352. The highest BCUT2D eigenvalue weighted by Gasteiger charge is 2.08. The largest absolute Gasteiger partial charge is 0.481 e. The highest BCUT2D eigenvalue weighted by Crippen LogP contribution is 2.18. The molecule has 0 saturated heterocycles. The van der Waals surface area contributed by atoms with Crippen molar-refractivity contribution in [2.75, 3.05) is 5.32 Å². The molecule has 5 heteroatoms. The van der Waals surface area contributed by atoms with E-state index in [-0.39, 0.29) is 6.42 Å². The van der Waals surface area contributed by atoms with E-state index >= 15 is 0 Å². The van der Waals surface area contributed by atoms with Gasteiger partial charge in [0.25, 0.3) is 0 Å². The van der Waals surface area contributed by atoms with Crippen LogP contribution in [-0.2, 0) is 11.2 Å². The Hall–Kier alpha value is -1.10. The number of hydrogen-bond donors (Lipinski definition) is 2. The lowest BCUT2D eigenvalue weighted by Crippen LogP contribution is -2.14. The fourth-order valence-electron chi connectivity index (χ4n) is 1.59. The van der Waals surface area contributed by atoms with Gasteiger partial charge in [-0.3, -0.25) is 4.79 Å². The third kappa shape index (κ3) is 5.68. The van der Waals surface area contributed by atoms with Gasteiger partial charge in [-0.05, 0) is 13.3 Å². The Balaban J connectivity index is 2.35. The maximum Gasteiger partial charge on any atom is 0.309 e. The number of nitrogens with zero attached hydrogens (tertiary/aromatic N) is 1. The fourth-order valence-corrected chi connectivity index (χ4v) is 2.42. The zero-order chi connectivity index (χ0) is 12.7. The van der Waals surface area contributed by atoms with E-state index in [2.05, 4.69) is 24.1 Å². The second-order valence-corrected chi connectivity index (χ2v) is 5.11. The molecule has 0 radical (unpaired) electrons. The van der Waals surface area contributed by atoms with Crippen LogP contribution in [0.3, 0.4) is 0 Å². The van der Waals surface area contributed by atoms with Crippen LogP contribution in [0, 0.1) is 0 Å². The topological polar surface area (TPSA) is 62.2 Å². The summed E-state index contributed by atoms with van der Waals surface area (Å²) in [7, 11) is 0. The Labute approximate surface area is 106 Å². The lowest BCUT2D eigenvalue weighted by Gasteiger charge is -2.11. The van der Waals surface area contributed by atoms with Crippen molar-refractivity contribution in [1.29, 1.82) is 0 Å². The van der Waals surface area contributed by atoms with Crippen molar-refractivity contribution in [2.24, 2.45) is 0 Å². The highest BCUT2D eigenvalue weighted by molar-refractivity contribution is 7.13. The van der Waals surface area contributed by atoms with E-state index in [0.717, 1.165) is 11.6 Å². The molecule has 1 rings (SSSR count). The van der Waals surface area contributed by atoms with Gasteiger partial charge in [0, 0.05) is 11.4 Å². The van der Waals surface area contributed by atoms with Crippen molar-refractivity contribution in [3.05, 3.63) is 11.1 Å². The molecule has 1 aromatic rings. The molecule has 1 unspecified atom stereocenters. The van der Waals surface area contributed by atoms with Crippen molar-refractivity contribution in [1.82, 2.24) is 4.98 Å². The van der Waals surface area contributed by atoms with Crippen molar-refractivity contribution < 1.29 is 9.90 Å². The van der Waals surface area contributed by atoms with E-state index < -0.39 is 5.97 Å². The molecule has 0 saturated carbocycles. The van der Waals surface area contributed by atoms with Crippen molar-refractivity contribution in [3.8, 4) is 0 Å². The molecule has 0 aliphatic heterocycles. The van der Waals surface area contributed by atoms with E-state index in [9.17, 15) is 4.79 Å². The van der Waals surface area contributed by atoms with Gasteiger partial charge >= 0.3 is 5.97 Å². The number of anilines is 1. The summed E-state index contributed by atoms with van der Waals surface area (Å²) < 4.78 is 0. The number of aliphatic carboxylic acids is 1. The van der Waals surface area contributed by atoms with E-state index in [1.807, 2.05) is 0 Å². The third-order valence-corrected chi connectivity index (χ3v) is 3.32. The van der Waals surface area contributed by atoms with Crippen LogP contribution >= 0.6 is 11.3 Å². The lowest BCUT2D eigenvalue weighted by atomic mass is 10.1. The number of nitrogens with one attached hydrogen (secondary N) is 1. The molecule has 1 aromatic heterocycles. The quantitative estimate of drug-likeness (QED) is 0.701. The molecule has 0 aliphatic rings. The fraction of sp³-hybridized carbons (Fsp3) is 0.667. The van der Waals surface area contributed by atoms with Crippen LogP contribution in [0.2, 0.25) is 0 Å². The number of aromatic nitrogens is 1. The molecule has 0 bridgehead atoms. The monoisotopic (exact) mass is 256 g/mol. The molecule has 0 aliphatic carbocycles. The second kappa shape index (κ2) is 7.27. The summed E-state index contributed by atoms with van der Waals surface area (Å²) in [6.07, 6.45) is 4.84. The Morgan fingerprint density at radius 3 is 3.00 bits per heavy atom. The summed E-state index contributed by atoms with van der Waals surface area (Å²) in [5.74, 6) is -0.835. The van der Waals surface area contributed by atoms with E-state index in [0.29, 0.717) is 11.7 Å². The van der Waals surface area contributed by atoms with Crippen LogP contribution < -0.4 is 5.32 Å². The average molecular weight is 256 g/mol. The number of rotatable bonds is 8. The minimum absolute atomic E-state index is 0.00238. The molecule has 0 aromatic carbocycles. The summed E-state index contributed by atoms with van der Waals surface area (Å²) in [6, 6.07) is 0.394. The van der Waals surface area contributed by atoms with Gasteiger partial charge in [0.15, 0.2) is 5.13 Å². The van der Waals surface area contributed by atoms with E-state index in [1.165, 1.54) is 30.6 Å². The third-order valence-electron chi connectivity index (χ3n) is 2.49. The molecule has 17 heavy (non-hydrogen) atoms. The molecule has 2 N–H and O–H groups in total. The molecule has 1 atom stereocenters. The van der Waals surface area contributed by atoms with Crippen molar-refractivity contribution >= 4 is 22.4 Å². The van der Waals surface area contributed by atoms with Gasteiger partial charge in [-0.15, -0.1) is 11.3 Å². The summed E-state index contributed by atoms with van der Waals surface area (Å²) in [5, 5.41) is 14.6. The smallest absolute Gasteiger partial charge is 0.309 e. The summed E-state index contributed by atoms with van der Waals surface area (Å²) in [6.45, 7) is 4.32. The Kier molecular flexibility index (Phi) is 5.97. The first-order valence-electron chi connectivity index (χ1n) is 6.04. The Morgan fingerprint density at radius 1 is 1.59 bits per heavy atom. The maximum absolute atomic E-state index is 10.5. The first kappa shape index (κ1) is 14.0. The predicted molar refractivity (Wildman–Crippen MR) is 70.7 cm³/mol. The van der Waals surface area contributed by atoms with Crippen LogP contribution in [0.4, 0.5) is 5.13 Å². The molecule has 1 heterocycles. The van der Waals surface area contributed by atoms with Gasteiger partial charge < -0.3 is 10.4 Å². The van der Waals surface area contributed by atoms with Crippen molar-refractivity contribution in [3.63, 3.8) is 0 Å².